The highest BCUT2D eigenvalue weighted by atomic mass is 16.2. The van der Waals surface area contributed by atoms with Gasteiger partial charge in [-0.1, -0.05) is 17.2 Å². The monoisotopic (exact) mass is 273 g/mol. The summed E-state index contributed by atoms with van der Waals surface area (Å²) in [5.74, 6) is -1.34. The molecule has 0 spiro atoms. The lowest BCUT2D eigenvalue weighted by Crippen LogP contribution is -2.45. The van der Waals surface area contributed by atoms with Gasteiger partial charge in [0, 0.05) is 11.5 Å². The van der Waals surface area contributed by atoms with E-state index in [4.69, 9.17) is 11.0 Å². The Balaban J connectivity index is 2.86. The predicted octanol–water partition coefficient (Wildman–Crippen LogP) is 1.44. The number of carbonyl (C=O) groups is 2. The summed E-state index contributed by atoms with van der Waals surface area (Å²) in [6.45, 7) is 5.47. The Morgan fingerprint density at radius 1 is 1.30 bits per heavy atom. The average molecular weight is 273 g/mol. The smallest absolute Gasteiger partial charge is 0.251 e. The van der Waals surface area contributed by atoms with E-state index in [-0.39, 0.29) is 18.2 Å². The van der Waals surface area contributed by atoms with E-state index in [0.717, 1.165) is 11.1 Å². The number of nitriles is 1. The normalized spacial score (nSPS) is 13.1. The minimum atomic E-state index is -0.835. The first kappa shape index (κ1) is 15.7. The highest BCUT2D eigenvalue weighted by molar-refractivity contribution is 5.97. The van der Waals surface area contributed by atoms with E-state index in [0.29, 0.717) is 5.56 Å². The minimum Gasteiger partial charge on any atom is -0.368 e. The minimum absolute atomic E-state index is 0.211. The van der Waals surface area contributed by atoms with Crippen LogP contribution in [0.3, 0.4) is 0 Å². The second kappa shape index (κ2) is 6.71. The van der Waals surface area contributed by atoms with Gasteiger partial charge in [0.15, 0.2) is 0 Å². The lowest BCUT2D eigenvalue weighted by molar-refractivity contribution is -0.120. The summed E-state index contributed by atoms with van der Waals surface area (Å²) in [5.41, 5.74) is 7.68. The lowest BCUT2D eigenvalue weighted by atomic mass is 10.0. The number of aryl methyl sites for hydroxylation is 2. The molecule has 0 unspecified atom stereocenters. The molecule has 2 amide bonds. The fraction of sp³-hybridized carbons (Fsp3) is 0.400. The molecule has 0 saturated heterocycles. The van der Waals surface area contributed by atoms with Crippen molar-refractivity contribution in [3.63, 3.8) is 0 Å². The Kier molecular flexibility index (Phi) is 5.27. The molecule has 1 rings (SSSR count). The first-order valence-corrected chi connectivity index (χ1v) is 6.41. The molecular weight excluding hydrogens is 254 g/mol. The molecule has 20 heavy (non-hydrogen) atoms. The van der Waals surface area contributed by atoms with E-state index >= 15 is 0 Å². The van der Waals surface area contributed by atoms with Crippen molar-refractivity contribution in [2.45, 2.75) is 33.2 Å². The number of amides is 2. The number of benzene rings is 1. The average Bonchev–Trinajstić information content (AvgIpc) is 2.36. The van der Waals surface area contributed by atoms with Crippen LogP contribution in [0, 0.1) is 31.1 Å². The molecule has 5 heteroatoms. The van der Waals surface area contributed by atoms with E-state index in [1.165, 1.54) is 0 Å². The fourth-order valence-corrected chi connectivity index (χ4v) is 2.00. The largest absolute Gasteiger partial charge is 0.368 e. The second-order valence-corrected chi connectivity index (χ2v) is 5.07. The SMILES string of the molecule is Cc1cc(C)cc(C(=O)N[C@H](C[C@@H](C)C#N)C(N)=O)c1. The van der Waals surface area contributed by atoms with Gasteiger partial charge in [-0.05, 0) is 39.3 Å². The van der Waals surface area contributed by atoms with Gasteiger partial charge >= 0.3 is 0 Å². The Morgan fingerprint density at radius 2 is 1.85 bits per heavy atom. The molecular formula is C15H19N3O2. The van der Waals surface area contributed by atoms with Crippen molar-refractivity contribution in [3.05, 3.63) is 34.9 Å². The molecule has 0 aliphatic rings. The van der Waals surface area contributed by atoms with Crippen LogP contribution < -0.4 is 11.1 Å². The molecule has 0 heterocycles. The molecule has 0 aromatic heterocycles. The van der Waals surface area contributed by atoms with Crippen molar-refractivity contribution in [3.8, 4) is 6.07 Å². The van der Waals surface area contributed by atoms with E-state index < -0.39 is 11.9 Å². The van der Waals surface area contributed by atoms with Crippen LogP contribution in [-0.2, 0) is 4.79 Å². The standard InChI is InChI=1S/C15H19N3O2/c1-9-4-10(2)6-12(5-9)15(20)18-13(14(17)19)7-11(3)8-16/h4-6,11,13H,7H2,1-3H3,(H2,17,19)(H,18,20)/t11-,13-/m1/s1. The second-order valence-electron chi connectivity index (χ2n) is 5.07. The van der Waals surface area contributed by atoms with E-state index in [1.54, 1.807) is 19.1 Å². The summed E-state index contributed by atoms with van der Waals surface area (Å²) in [7, 11) is 0. The van der Waals surface area contributed by atoms with Gasteiger partial charge in [0.2, 0.25) is 5.91 Å². The first-order chi connectivity index (χ1) is 9.33. The topological polar surface area (TPSA) is 96.0 Å². The van der Waals surface area contributed by atoms with Gasteiger partial charge in [-0.2, -0.15) is 5.26 Å². The van der Waals surface area contributed by atoms with E-state index in [2.05, 4.69) is 5.32 Å². The summed E-state index contributed by atoms with van der Waals surface area (Å²) in [6.07, 6.45) is 0.211. The third-order valence-electron chi connectivity index (χ3n) is 2.94. The Morgan fingerprint density at radius 3 is 2.30 bits per heavy atom. The zero-order valence-corrected chi connectivity index (χ0v) is 11.9. The molecule has 0 saturated carbocycles. The van der Waals surface area contributed by atoms with Gasteiger partial charge in [0.25, 0.3) is 5.91 Å². The van der Waals surface area contributed by atoms with Gasteiger partial charge in [-0.3, -0.25) is 9.59 Å². The van der Waals surface area contributed by atoms with Gasteiger partial charge in [-0.15, -0.1) is 0 Å². The molecule has 0 aliphatic carbocycles. The number of hydrogen-bond donors (Lipinski definition) is 2. The molecule has 0 radical (unpaired) electrons. The number of hydrogen-bond acceptors (Lipinski definition) is 3. The van der Waals surface area contributed by atoms with E-state index in [1.807, 2.05) is 26.0 Å². The van der Waals surface area contributed by atoms with Crippen LogP contribution in [0.15, 0.2) is 18.2 Å². The molecule has 106 valence electrons. The van der Waals surface area contributed by atoms with Crippen molar-refractivity contribution in [1.82, 2.24) is 5.32 Å². The summed E-state index contributed by atoms with van der Waals surface area (Å²) in [6, 6.07) is 6.63. The van der Waals surface area contributed by atoms with Crippen molar-refractivity contribution < 1.29 is 9.59 Å². The Hall–Kier alpha value is -2.35. The molecule has 1 aromatic rings. The first-order valence-electron chi connectivity index (χ1n) is 6.41. The van der Waals surface area contributed by atoms with E-state index in [9.17, 15) is 9.59 Å². The maximum Gasteiger partial charge on any atom is 0.251 e. The molecule has 1 aromatic carbocycles. The fourth-order valence-electron chi connectivity index (χ4n) is 2.00. The van der Waals surface area contributed by atoms with Crippen LogP contribution in [0.2, 0.25) is 0 Å². The van der Waals surface area contributed by atoms with Crippen molar-refractivity contribution in [2.24, 2.45) is 11.7 Å². The quantitative estimate of drug-likeness (QED) is 0.849. The molecule has 0 bridgehead atoms. The molecule has 2 atom stereocenters. The lowest BCUT2D eigenvalue weighted by Gasteiger charge is -2.16. The molecule has 0 aliphatic heterocycles. The van der Waals surface area contributed by atoms with Crippen molar-refractivity contribution in [2.75, 3.05) is 0 Å². The highest BCUT2D eigenvalue weighted by Crippen LogP contribution is 2.10. The maximum atomic E-state index is 12.1. The van der Waals surface area contributed by atoms with Crippen LogP contribution in [0.1, 0.15) is 34.8 Å². The van der Waals surface area contributed by atoms with Crippen LogP contribution in [0.25, 0.3) is 0 Å². The zero-order valence-electron chi connectivity index (χ0n) is 11.9. The predicted molar refractivity (Wildman–Crippen MR) is 75.8 cm³/mol. The number of nitrogens with one attached hydrogen (secondary N) is 1. The van der Waals surface area contributed by atoms with Crippen LogP contribution in [0.4, 0.5) is 0 Å². The number of nitrogens with zero attached hydrogens (tertiary/aromatic N) is 1. The summed E-state index contributed by atoms with van der Waals surface area (Å²) in [4.78, 5) is 23.5. The number of primary amides is 1. The van der Waals surface area contributed by atoms with Gasteiger partial charge in [0.05, 0.1) is 6.07 Å². The number of carbonyl (C=O) groups excluding carboxylic acids is 2. The third kappa shape index (κ3) is 4.39. The number of rotatable bonds is 5. The van der Waals surface area contributed by atoms with Crippen LogP contribution in [0.5, 0.6) is 0 Å². The van der Waals surface area contributed by atoms with Crippen molar-refractivity contribution >= 4 is 11.8 Å². The summed E-state index contributed by atoms with van der Waals surface area (Å²) >= 11 is 0. The van der Waals surface area contributed by atoms with Gasteiger partial charge in [-0.25, -0.2) is 0 Å². The summed E-state index contributed by atoms with van der Waals surface area (Å²) in [5, 5.41) is 11.4. The summed E-state index contributed by atoms with van der Waals surface area (Å²) < 4.78 is 0. The zero-order chi connectivity index (χ0) is 15.3. The molecule has 5 nitrogen and oxygen atoms in total. The van der Waals surface area contributed by atoms with Gasteiger partial charge < -0.3 is 11.1 Å². The Bertz CT molecular complexity index is 540. The Labute approximate surface area is 118 Å². The van der Waals surface area contributed by atoms with Gasteiger partial charge in [0.1, 0.15) is 6.04 Å². The highest BCUT2D eigenvalue weighted by Gasteiger charge is 2.21. The number of nitrogens with two attached hydrogens (primary N) is 1. The third-order valence-corrected chi connectivity index (χ3v) is 2.94. The molecule has 3 N–H and O–H groups in total. The maximum absolute atomic E-state index is 12.1. The van der Waals surface area contributed by atoms with Crippen LogP contribution in [-0.4, -0.2) is 17.9 Å². The van der Waals surface area contributed by atoms with Crippen molar-refractivity contribution in [1.29, 1.82) is 5.26 Å². The molecule has 0 fully saturated rings. The van der Waals surface area contributed by atoms with Crippen LogP contribution >= 0.6 is 0 Å².